The summed E-state index contributed by atoms with van der Waals surface area (Å²) in [6.45, 7) is 0. The molecule has 1 saturated carbocycles. The van der Waals surface area contributed by atoms with Crippen molar-refractivity contribution in [3.63, 3.8) is 0 Å². The van der Waals surface area contributed by atoms with Crippen LogP contribution in [0.2, 0.25) is 0 Å². The van der Waals surface area contributed by atoms with E-state index >= 15 is 0 Å². The van der Waals surface area contributed by atoms with E-state index in [0.717, 1.165) is 18.7 Å². The van der Waals surface area contributed by atoms with Crippen LogP contribution in [0, 0.1) is 0 Å². The van der Waals surface area contributed by atoms with Crippen LogP contribution in [0.4, 0.5) is 14.5 Å². The van der Waals surface area contributed by atoms with Crippen molar-refractivity contribution in [3.8, 4) is 0 Å². The number of alkyl halides is 2. The van der Waals surface area contributed by atoms with E-state index < -0.39 is 18.0 Å². The second kappa shape index (κ2) is 5.19. The van der Waals surface area contributed by atoms with Crippen molar-refractivity contribution in [2.75, 3.05) is 5.32 Å². The van der Waals surface area contributed by atoms with E-state index in [2.05, 4.69) is 20.4 Å². The average Bonchev–Trinajstić information content (AvgIpc) is 3.23. The molecule has 1 aliphatic rings. The minimum atomic E-state index is -2.75. The molecular formula is C13H13F2N5O. The van der Waals surface area contributed by atoms with Crippen molar-refractivity contribution in [2.45, 2.75) is 25.2 Å². The van der Waals surface area contributed by atoms with E-state index in [1.807, 2.05) is 0 Å². The lowest BCUT2D eigenvalue weighted by atomic mass is 10.3. The SMILES string of the molecule is Cn1cc(NC(=O)c2cnc(C3CC3)nc2)c(C(F)F)n1. The largest absolute Gasteiger partial charge is 0.319 e. The standard InChI is InChI=1S/C13H13F2N5O/c1-20-6-9(10(19-20)11(14)15)18-13(21)8-4-16-12(17-5-8)7-2-3-7/h4-7,11H,2-3H2,1H3,(H,18,21). The summed E-state index contributed by atoms with van der Waals surface area (Å²) in [6, 6.07) is 0. The van der Waals surface area contributed by atoms with Crippen LogP contribution in [0.25, 0.3) is 0 Å². The molecule has 0 aliphatic heterocycles. The van der Waals surface area contributed by atoms with E-state index in [1.54, 1.807) is 0 Å². The van der Waals surface area contributed by atoms with E-state index in [1.165, 1.54) is 30.3 Å². The molecule has 2 aromatic rings. The smallest absolute Gasteiger partial charge is 0.284 e. The molecule has 0 radical (unpaired) electrons. The Bertz CT molecular complexity index is 664. The predicted molar refractivity (Wildman–Crippen MR) is 70.1 cm³/mol. The summed E-state index contributed by atoms with van der Waals surface area (Å²) >= 11 is 0. The summed E-state index contributed by atoms with van der Waals surface area (Å²) < 4.78 is 26.8. The van der Waals surface area contributed by atoms with Gasteiger partial charge in [0.2, 0.25) is 0 Å². The molecule has 1 aliphatic carbocycles. The summed E-state index contributed by atoms with van der Waals surface area (Å²) in [6.07, 6.45) is 3.54. The van der Waals surface area contributed by atoms with Gasteiger partial charge in [-0.25, -0.2) is 18.7 Å². The summed E-state index contributed by atoms with van der Waals surface area (Å²) in [7, 11) is 1.51. The molecule has 1 amide bonds. The number of nitrogens with one attached hydrogen (secondary N) is 1. The molecule has 2 heterocycles. The van der Waals surface area contributed by atoms with Crippen molar-refractivity contribution >= 4 is 11.6 Å². The normalized spacial score (nSPS) is 14.5. The van der Waals surface area contributed by atoms with Crippen molar-refractivity contribution in [3.05, 3.63) is 35.7 Å². The van der Waals surface area contributed by atoms with Gasteiger partial charge in [0.1, 0.15) is 5.82 Å². The van der Waals surface area contributed by atoms with Gasteiger partial charge in [-0.05, 0) is 12.8 Å². The van der Waals surface area contributed by atoms with Crippen LogP contribution >= 0.6 is 0 Å². The molecule has 8 heteroatoms. The molecule has 0 aromatic carbocycles. The Morgan fingerprint density at radius 1 is 1.38 bits per heavy atom. The monoisotopic (exact) mass is 293 g/mol. The molecule has 0 bridgehead atoms. The molecular weight excluding hydrogens is 280 g/mol. The first-order valence-corrected chi connectivity index (χ1v) is 6.49. The highest BCUT2D eigenvalue weighted by Crippen LogP contribution is 2.37. The zero-order valence-corrected chi connectivity index (χ0v) is 11.3. The fourth-order valence-corrected chi connectivity index (χ4v) is 1.97. The van der Waals surface area contributed by atoms with Crippen LogP contribution in [-0.4, -0.2) is 25.7 Å². The van der Waals surface area contributed by atoms with Gasteiger partial charge >= 0.3 is 0 Å². The molecule has 110 valence electrons. The molecule has 1 fully saturated rings. The molecule has 6 nitrogen and oxygen atoms in total. The molecule has 0 saturated heterocycles. The molecule has 0 unspecified atom stereocenters. The molecule has 1 N–H and O–H groups in total. The van der Waals surface area contributed by atoms with Crippen molar-refractivity contribution in [1.82, 2.24) is 19.7 Å². The Balaban J connectivity index is 1.76. The number of nitrogens with zero attached hydrogens (tertiary/aromatic N) is 4. The third-order valence-corrected chi connectivity index (χ3v) is 3.19. The minimum Gasteiger partial charge on any atom is -0.319 e. The van der Waals surface area contributed by atoms with Gasteiger partial charge in [0.05, 0.1) is 11.3 Å². The molecule has 2 aromatic heterocycles. The van der Waals surface area contributed by atoms with Crippen molar-refractivity contribution in [2.24, 2.45) is 7.05 Å². The zero-order chi connectivity index (χ0) is 15.0. The van der Waals surface area contributed by atoms with Gasteiger partial charge in [-0.2, -0.15) is 5.10 Å². The number of rotatable bonds is 4. The van der Waals surface area contributed by atoms with Crippen LogP contribution < -0.4 is 5.32 Å². The van der Waals surface area contributed by atoms with Gasteiger partial charge in [-0.15, -0.1) is 0 Å². The molecule has 0 spiro atoms. The highest BCUT2D eigenvalue weighted by Gasteiger charge is 2.26. The lowest BCUT2D eigenvalue weighted by Crippen LogP contribution is -2.14. The highest BCUT2D eigenvalue weighted by atomic mass is 19.3. The first-order valence-electron chi connectivity index (χ1n) is 6.49. The number of anilines is 1. The van der Waals surface area contributed by atoms with E-state index in [-0.39, 0.29) is 11.3 Å². The van der Waals surface area contributed by atoms with Gasteiger partial charge in [0.15, 0.2) is 5.69 Å². The quantitative estimate of drug-likeness (QED) is 0.938. The minimum absolute atomic E-state index is 0.0104. The number of aryl methyl sites for hydroxylation is 1. The summed E-state index contributed by atoms with van der Waals surface area (Å²) in [5.41, 5.74) is -0.242. The van der Waals surface area contributed by atoms with Crippen LogP contribution in [0.15, 0.2) is 18.6 Å². The summed E-state index contributed by atoms with van der Waals surface area (Å²) in [4.78, 5) is 20.3. The van der Waals surface area contributed by atoms with Gasteiger partial charge in [-0.1, -0.05) is 0 Å². The number of aromatic nitrogens is 4. The number of carbonyl (C=O) groups excluding carboxylic acids is 1. The second-order valence-corrected chi connectivity index (χ2v) is 4.96. The number of hydrogen-bond donors (Lipinski definition) is 1. The number of carbonyl (C=O) groups is 1. The van der Waals surface area contributed by atoms with Gasteiger partial charge < -0.3 is 5.32 Å². The lowest BCUT2D eigenvalue weighted by molar-refractivity contribution is 0.102. The fourth-order valence-electron chi connectivity index (χ4n) is 1.97. The maximum absolute atomic E-state index is 12.8. The Hall–Kier alpha value is -2.38. The number of halogens is 2. The third kappa shape index (κ3) is 2.88. The Morgan fingerprint density at radius 3 is 2.62 bits per heavy atom. The van der Waals surface area contributed by atoms with Crippen LogP contribution in [-0.2, 0) is 7.05 Å². The van der Waals surface area contributed by atoms with E-state index in [4.69, 9.17) is 0 Å². The Morgan fingerprint density at radius 2 is 2.05 bits per heavy atom. The Labute approximate surface area is 119 Å². The predicted octanol–water partition coefficient (Wildman–Crippen LogP) is 2.28. The molecule has 0 atom stereocenters. The van der Waals surface area contributed by atoms with E-state index in [0.29, 0.717) is 5.92 Å². The number of hydrogen-bond acceptors (Lipinski definition) is 4. The van der Waals surface area contributed by atoms with Crippen LogP contribution in [0.5, 0.6) is 0 Å². The van der Waals surface area contributed by atoms with E-state index in [9.17, 15) is 13.6 Å². The molecule has 21 heavy (non-hydrogen) atoms. The first kappa shape index (κ1) is 13.6. The second-order valence-electron chi connectivity index (χ2n) is 4.96. The maximum atomic E-state index is 12.8. The van der Waals surface area contributed by atoms with Crippen LogP contribution in [0.3, 0.4) is 0 Å². The number of amides is 1. The van der Waals surface area contributed by atoms with Gasteiger partial charge in [-0.3, -0.25) is 9.48 Å². The average molecular weight is 293 g/mol. The van der Waals surface area contributed by atoms with Crippen LogP contribution in [0.1, 0.15) is 47.1 Å². The molecule has 3 rings (SSSR count). The highest BCUT2D eigenvalue weighted by molar-refractivity contribution is 6.04. The van der Waals surface area contributed by atoms with Gasteiger partial charge in [0, 0.05) is 31.6 Å². The van der Waals surface area contributed by atoms with Gasteiger partial charge in [0.25, 0.3) is 12.3 Å². The fraction of sp³-hybridized carbons (Fsp3) is 0.385. The topological polar surface area (TPSA) is 72.7 Å². The summed E-state index contributed by atoms with van der Waals surface area (Å²) in [5, 5.41) is 6.03. The first-order chi connectivity index (χ1) is 10.0. The van der Waals surface area contributed by atoms with Crippen molar-refractivity contribution in [1.29, 1.82) is 0 Å². The Kier molecular flexibility index (Phi) is 3.36. The zero-order valence-electron chi connectivity index (χ0n) is 11.3. The maximum Gasteiger partial charge on any atom is 0.284 e. The lowest BCUT2D eigenvalue weighted by Gasteiger charge is -2.05. The van der Waals surface area contributed by atoms with Crippen molar-refractivity contribution < 1.29 is 13.6 Å². The summed E-state index contributed by atoms with van der Waals surface area (Å²) in [5.74, 6) is 0.583. The third-order valence-electron chi connectivity index (χ3n) is 3.19.